The standard InChI is InChI=1S/C26H40N2O2/c1-5-28-15-18(16(2)27-28)12-17-13-23-21-7-6-19-14-20(29)8-10-25(19,3)22(21)9-11-26(23,4)24(17)30/h12,15,19-24,29-30H,5-11,13-14H2,1-4H3/b17-12-/t19-,20-,21-,22+,23+,24+,25-,26-/m0/s1. The van der Waals surface area contributed by atoms with Gasteiger partial charge in [-0.25, -0.2) is 0 Å². The molecule has 4 aliphatic rings. The van der Waals surface area contributed by atoms with E-state index in [1.54, 1.807) is 0 Å². The Bertz CT molecular complexity index is 844. The first-order valence-corrected chi connectivity index (χ1v) is 12.4. The maximum absolute atomic E-state index is 11.5. The Hall–Kier alpha value is -1.13. The summed E-state index contributed by atoms with van der Waals surface area (Å²) in [6, 6.07) is 0. The number of hydrogen-bond donors (Lipinski definition) is 2. The van der Waals surface area contributed by atoms with Crippen LogP contribution in [-0.4, -0.2) is 32.2 Å². The molecule has 4 fully saturated rings. The van der Waals surface area contributed by atoms with E-state index in [0.29, 0.717) is 17.3 Å². The number of aromatic nitrogens is 2. The number of aliphatic hydroxyl groups excluding tert-OH is 2. The summed E-state index contributed by atoms with van der Waals surface area (Å²) in [6.45, 7) is 9.97. The smallest absolute Gasteiger partial charge is 0.0809 e. The van der Waals surface area contributed by atoms with Gasteiger partial charge in [-0.1, -0.05) is 13.8 Å². The van der Waals surface area contributed by atoms with Crippen molar-refractivity contribution in [1.82, 2.24) is 9.78 Å². The van der Waals surface area contributed by atoms with E-state index in [9.17, 15) is 10.2 Å². The predicted molar refractivity (Wildman–Crippen MR) is 120 cm³/mol. The van der Waals surface area contributed by atoms with Gasteiger partial charge in [0.25, 0.3) is 0 Å². The summed E-state index contributed by atoms with van der Waals surface area (Å²) >= 11 is 0. The van der Waals surface area contributed by atoms with Crippen LogP contribution in [0.2, 0.25) is 0 Å². The SMILES string of the molecule is CCn1cc(/C=C2/C[C@@H]3[C@H]4CC[C@H]5C[C@@H](O)CC[C@]5(C)[C@@H]4CC[C@]3(C)[C@@H]2O)c(C)n1. The molecule has 1 heterocycles. The Morgan fingerprint density at radius 1 is 1.10 bits per heavy atom. The molecule has 8 atom stereocenters. The molecule has 166 valence electrons. The van der Waals surface area contributed by atoms with E-state index in [1.807, 2.05) is 4.68 Å². The molecule has 0 unspecified atom stereocenters. The second-order valence-corrected chi connectivity index (χ2v) is 11.5. The van der Waals surface area contributed by atoms with Gasteiger partial charge < -0.3 is 10.2 Å². The van der Waals surface area contributed by atoms with Gasteiger partial charge in [0, 0.05) is 23.7 Å². The molecular weight excluding hydrogens is 372 g/mol. The van der Waals surface area contributed by atoms with Crippen molar-refractivity contribution in [2.75, 3.05) is 0 Å². The molecule has 4 saturated carbocycles. The lowest BCUT2D eigenvalue weighted by atomic mass is 9.45. The van der Waals surface area contributed by atoms with Crippen molar-refractivity contribution in [3.8, 4) is 0 Å². The third kappa shape index (κ3) is 2.97. The van der Waals surface area contributed by atoms with Gasteiger partial charge in [-0.15, -0.1) is 0 Å². The minimum absolute atomic E-state index is 0.0129. The quantitative estimate of drug-likeness (QED) is 0.721. The van der Waals surface area contributed by atoms with Gasteiger partial charge in [0.15, 0.2) is 0 Å². The summed E-state index contributed by atoms with van der Waals surface area (Å²) in [5.74, 6) is 2.76. The van der Waals surface area contributed by atoms with Crippen LogP contribution < -0.4 is 0 Å². The van der Waals surface area contributed by atoms with Gasteiger partial charge in [-0.05, 0) is 106 Å². The second-order valence-electron chi connectivity index (χ2n) is 11.5. The lowest BCUT2D eigenvalue weighted by Gasteiger charge is -2.60. The number of fused-ring (bicyclic) bond motifs is 5. The molecule has 0 bridgehead atoms. The zero-order valence-corrected chi connectivity index (χ0v) is 19.3. The largest absolute Gasteiger partial charge is 0.393 e. The van der Waals surface area contributed by atoms with Crippen molar-refractivity contribution in [3.05, 3.63) is 23.0 Å². The summed E-state index contributed by atoms with van der Waals surface area (Å²) in [4.78, 5) is 0. The predicted octanol–water partition coefficient (Wildman–Crippen LogP) is 4.97. The van der Waals surface area contributed by atoms with Crippen LogP contribution in [0.3, 0.4) is 0 Å². The molecule has 30 heavy (non-hydrogen) atoms. The van der Waals surface area contributed by atoms with Gasteiger partial charge in [-0.2, -0.15) is 5.10 Å². The molecule has 4 nitrogen and oxygen atoms in total. The van der Waals surface area contributed by atoms with Gasteiger partial charge in [0.05, 0.1) is 17.9 Å². The maximum atomic E-state index is 11.5. The number of aryl methyl sites for hydroxylation is 2. The highest BCUT2D eigenvalue weighted by Crippen LogP contribution is 2.67. The van der Waals surface area contributed by atoms with Crippen molar-refractivity contribution in [2.45, 2.75) is 97.8 Å². The first kappa shape index (κ1) is 20.8. The van der Waals surface area contributed by atoms with Crippen molar-refractivity contribution in [3.63, 3.8) is 0 Å². The van der Waals surface area contributed by atoms with Crippen molar-refractivity contribution in [1.29, 1.82) is 0 Å². The molecule has 0 spiro atoms. The fourth-order valence-corrected chi connectivity index (χ4v) is 8.27. The molecule has 5 rings (SSSR count). The lowest BCUT2D eigenvalue weighted by molar-refractivity contribution is -0.133. The summed E-state index contributed by atoms with van der Waals surface area (Å²) in [5.41, 5.74) is 3.86. The highest BCUT2D eigenvalue weighted by molar-refractivity contribution is 5.56. The third-order valence-electron chi connectivity index (χ3n) is 10.2. The normalized spacial score (nSPS) is 47.1. The molecule has 1 aromatic rings. The van der Waals surface area contributed by atoms with Crippen molar-refractivity contribution in [2.24, 2.45) is 34.5 Å². The van der Waals surface area contributed by atoms with Crippen LogP contribution in [0.5, 0.6) is 0 Å². The fourth-order valence-electron chi connectivity index (χ4n) is 8.27. The molecule has 0 aliphatic heterocycles. The van der Waals surface area contributed by atoms with Crippen molar-refractivity contribution >= 4 is 6.08 Å². The Morgan fingerprint density at radius 3 is 2.60 bits per heavy atom. The zero-order valence-electron chi connectivity index (χ0n) is 19.3. The Morgan fingerprint density at radius 2 is 1.87 bits per heavy atom. The average Bonchev–Trinajstić information content (AvgIpc) is 3.20. The zero-order chi connectivity index (χ0) is 21.3. The van der Waals surface area contributed by atoms with E-state index < -0.39 is 0 Å². The monoisotopic (exact) mass is 412 g/mol. The molecule has 4 heteroatoms. The number of rotatable bonds is 2. The van der Waals surface area contributed by atoms with E-state index in [4.69, 9.17) is 0 Å². The Kier molecular flexibility index (Phi) is 4.98. The van der Waals surface area contributed by atoms with Crippen LogP contribution in [-0.2, 0) is 6.54 Å². The third-order valence-corrected chi connectivity index (χ3v) is 10.2. The molecule has 0 saturated heterocycles. The maximum Gasteiger partial charge on any atom is 0.0809 e. The van der Waals surface area contributed by atoms with E-state index in [-0.39, 0.29) is 17.6 Å². The van der Waals surface area contributed by atoms with E-state index >= 15 is 0 Å². The molecule has 0 aromatic carbocycles. The number of hydrogen-bond acceptors (Lipinski definition) is 3. The molecule has 0 amide bonds. The summed E-state index contributed by atoms with van der Waals surface area (Å²) < 4.78 is 1.99. The Labute approximate surface area is 181 Å². The molecule has 4 aliphatic carbocycles. The first-order valence-electron chi connectivity index (χ1n) is 12.4. The van der Waals surface area contributed by atoms with Crippen LogP contribution >= 0.6 is 0 Å². The summed E-state index contributed by atoms with van der Waals surface area (Å²) in [6.07, 6.45) is 13.1. The lowest BCUT2D eigenvalue weighted by Crippen LogP contribution is -2.54. The Balaban J connectivity index is 1.44. The summed E-state index contributed by atoms with van der Waals surface area (Å²) in [7, 11) is 0. The van der Waals surface area contributed by atoms with Gasteiger partial charge >= 0.3 is 0 Å². The minimum atomic E-state index is -0.327. The van der Waals surface area contributed by atoms with Crippen LogP contribution in [0.25, 0.3) is 6.08 Å². The van der Waals surface area contributed by atoms with Crippen LogP contribution in [0.1, 0.15) is 83.4 Å². The van der Waals surface area contributed by atoms with Crippen LogP contribution in [0.15, 0.2) is 11.8 Å². The first-order chi connectivity index (χ1) is 14.3. The topological polar surface area (TPSA) is 58.3 Å². The number of nitrogens with zero attached hydrogens (tertiary/aromatic N) is 2. The average molecular weight is 413 g/mol. The fraction of sp³-hybridized carbons (Fsp3) is 0.808. The highest BCUT2D eigenvalue weighted by atomic mass is 16.3. The van der Waals surface area contributed by atoms with E-state index in [1.165, 1.54) is 36.8 Å². The molecular formula is C26H40N2O2. The van der Waals surface area contributed by atoms with Crippen LogP contribution in [0, 0.1) is 41.4 Å². The second kappa shape index (κ2) is 7.20. The van der Waals surface area contributed by atoms with E-state index in [0.717, 1.165) is 49.8 Å². The minimum Gasteiger partial charge on any atom is -0.393 e. The molecule has 2 N–H and O–H groups in total. The molecule has 1 aromatic heterocycles. The van der Waals surface area contributed by atoms with Gasteiger partial charge in [-0.3, -0.25) is 4.68 Å². The number of aliphatic hydroxyl groups is 2. The van der Waals surface area contributed by atoms with Crippen LogP contribution in [0.4, 0.5) is 0 Å². The van der Waals surface area contributed by atoms with Crippen molar-refractivity contribution < 1.29 is 10.2 Å². The van der Waals surface area contributed by atoms with Gasteiger partial charge in [0.2, 0.25) is 0 Å². The van der Waals surface area contributed by atoms with Gasteiger partial charge in [0.1, 0.15) is 0 Å². The molecule has 0 radical (unpaired) electrons. The highest BCUT2D eigenvalue weighted by Gasteiger charge is 2.61. The van der Waals surface area contributed by atoms with E-state index in [2.05, 4.69) is 45.1 Å². The summed E-state index contributed by atoms with van der Waals surface area (Å²) in [5, 5.41) is 26.3.